The zero-order valence-electron chi connectivity index (χ0n) is 21.6. The third kappa shape index (κ3) is 5.74. The molecule has 4 fully saturated rings. The van der Waals surface area contributed by atoms with Crippen molar-refractivity contribution in [3.05, 3.63) is 40.8 Å². The maximum absolute atomic E-state index is 12.5. The number of rotatable bonds is 7. The maximum atomic E-state index is 12.5. The van der Waals surface area contributed by atoms with Crippen LogP contribution >= 0.6 is 11.6 Å². The zero-order chi connectivity index (χ0) is 26.2. The van der Waals surface area contributed by atoms with Crippen molar-refractivity contribution in [1.29, 1.82) is 5.26 Å². The van der Waals surface area contributed by atoms with Crippen molar-refractivity contribution >= 4 is 29.5 Å². The highest BCUT2D eigenvalue weighted by Crippen LogP contribution is 2.60. The van der Waals surface area contributed by atoms with Gasteiger partial charge in [0.15, 0.2) is 0 Å². The van der Waals surface area contributed by atoms with E-state index in [1.165, 1.54) is 6.42 Å². The molecule has 6 rings (SSSR count). The first-order valence-corrected chi connectivity index (χ1v) is 13.3. The van der Waals surface area contributed by atoms with E-state index in [2.05, 4.69) is 37.0 Å². The summed E-state index contributed by atoms with van der Waals surface area (Å²) in [5, 5.41) is 20.0. The number of ether oxygens (including phenoxy) is 1. The van der Waals surface area contributed by atoms with Crippen LogP contribution in [-0.4, -0.2) is 39.2 Å². The van der Waals surface area contributed by atoms with Crippen LogP contribution in [0.5, 0.6) is 0 Å². The Bertz CT molecular complexity index is 1190. The Morgan fingerprint density at radius 3 is 2.65 bits per heavy atom. The summed E-state index contributed by atoms with van der Waals surface area (Å²) in [6.45, 7) is 6.85. The van der Waals surface area contributed by atoms with Gasteiger partial charge in [-0.3, -0.25) is 0 Å². The highest BCUT2D eigenvalue weighted by molar-refractivity contribution is 6.30. The van der Waals surface area contributed by atoms with Gasteiger partial charge in [-0.05, 0) is 82.1 Å². The molecule has 4 saturated carbocycles. The van der Waals surface area contributed by atoms with Crippen LogP contribution in [-0.2, 0) is 11.3 Å². The molecule has 37 heavy (non-hydrogen) atoms. The van der Waals surface area contributed by atoms with Crippen molar-refractivity contribution in [2.75, 3.05) is 17.2 Å². The van der Waals surface area contributed by atoms with Crippen LogP contribution in [0.15, 0.2) is 24.5 Å². The van der Waals surface area contributed by atoms with E-state index in [9.17, 15) is 10.1 Å². The summed E-state index contributed by atoms with van der Waals surface area (Å²) in [5.41, 5.74) is 0.889. The molecule has 0 aromatic carbocycles. The second-order valence-corrected chi connectivity index (χ2v) is 12.2. The first-order valence-electron chi connectivity index (χ1n) is 13.0. The molecule has 5 atom stereocenters. The number of nitrogens with one attached hydrogen (secondary N) is 3. The molecule has 9 nitrogen and oxygen atoms in total. The van der Waals surface area contributed by atoms with E-state index in [4.69, 9.17) is 16.3 Å². The molecule has 2 aromatic heterocycles. The number of alkyl carbamates (subject to hydrolysis) is 1. The van der Waals surface area contributed by atoms with Gasteiger partial charge in [0.25, 0.3) is 0 Å². The Balaban J connectivity index is 1.24. The van der Waals surface area contributed by atoms with Crippen LogP contribution in [0.4, 0.5) is 16.6 Å². The largest absolute Gasteiger partial charge is 0.444 e. The highest BCUT2D eigenvalue weighted by atomic mass is 35.5. The van der Waals surface area contributed by atoms with Gasteiger partial charge in [0.2, 0.25) is 5.95 Å². The van der Waals surface area contributed by atoms with Crippen LogP contribution < -0.4 is 16.0 Å². The van der Waals surface area contributed by atoms with E-state index in [1.807, 2.05) is 32.9 Å². The van der Waals surface area contributed by atoms with Crippen molar-refractivity contribution in [2.45, 2.75) is 71.1 Å². The number of nitrogens with zero attached hydrogens (tertiary/aromatic N) is 4. The van der Waals surface area contributed by atoms with Gasteiger partial charge in [0.05, 0.1) is 6.20 Å². The Hall–Kier alpha value is -3.12. The van der Waals surface area contributed by atoms with E-state index in [0.717, 1.165) is 37.8 Å². The molecule has 10 heteroatoms. The molecule has 1 unspecified atom stereocenters. The number of hydrogen-bond acceptors (Lipinski definition) is 8. The molecule has 1 amide bonds. The lowest BCUT2D eigenvalue weighted by Crippen LogP contribution is -2.60. The van der Waals surface area contributed by atoms with Gasteiger partial charge in [-0.2, -0.15) is 10.2 Å². The Morgan fingerprint density at radius 1 is 1.22 bits per heavy atom. The lowest BCUT2D eigenvalue weighted by atomic mass is 9.48. The van der Waals surface area contributed by atoms with Gasteiger partial charge < -0.3 is 20.7 Å². The third-order valence-corrected chi connectivity index (χ3v) is 8.24. The molecular weight excluding hydrogens is 490 g/mol. The van der Waals surface area contributed by atoms with Crippen molar-refractivity contribution in [1.82, 2.24) is 20.3 Å². The lowest BCUT2D eigenvalue weighted by molar-refractivity contribution is -0.0703. The van der Waals surface area contributed by atoms with E-state index >= 15 is 0 Å². The fraction of sp³-hybridized carbons (Fsp3) is 0.593. The number of aromatic nitrogens is 3. The Kier molecular flexibility index (Phi) is 6.88. The second-order valence-electron chi connectivity index (χ2n) is 11.9. The Labute approximate surface area is 222 Å². The molecule has 3 N–H and O–H groups in total. The van der Waals surface area contributed by atoms with Crippen molar-refractivity contribution in [3.8, 4) is 6.07 Å². The van der Waals surface area contributed by atoms with Crippen molar-refractivity contribution in [2.24, 2.45) is 23.2 Å². The average Bonchev–Trinajstić information content (AvgIpc) is 2.83. The minimum atomic E-state index is -0.505. The lowest BCUT2D eigenvalue weighted by Gasteiger charge is -2.60. The number of pyridine rings is 1. The minimum absolute atomic E-state index is 0.136. The maximum Gasteiger partial charge on any atom is 0.407 e. The number of hydrogen-bond donors (Lipinski definition) is 3. The number of carbonyl (C=O) groups is 1. The van der Waals surface area contributed by atoms with Crippen LogP contribution in [0.2, 0.25) is 5.15 Å². The zero-order valence-corrected chi connectivity index (χ0v) is 22.3. The average molecular weight is 524 g/mol. The van der Waals surface area contributed by atoms with E-state index in [0.29, 0.717) is 46.8 Å². The summed E-state index contributed by atoms with van der Waals surface area (Å²) in [5.74, 6) is 2.54. The molecule has 0 spiro atoms. The number of amides is 1. The molecule has 0 saturated heterocycles. The van der Waals surface area contributed by atoms with Gasteiger partial charge >= 0.3 is 6.09 Å². The van der Waals surface area contributed by atoms with E-state index in [1.54, 1.807) is 12.4 Å². The number of anilines is 2. The quantitative estimate of drug-likeness (QED) is 0.426. The summed E-state index contributed by atoms with van der Waals surface area (Å²) in [6.07, 6.45) is 8.44. The number of carbonyl (C=O) groups excluding carboxylic acids is 1. The molecule has 0 radical (unpaired) electrons. The fourth-order valence-corrected chi connectivity index (χ4v) is 6.95. The highest BCUT2D eigenvalue weighted by Gasteiger charge is 2.55. The molecule has 4 aliphatic rings. The number of halogens is 1. The first-order chi connectivity index (χ1) is 17.6. The van der Waals surface area contributed by atoms with Gasteiger partial charge in [0, 0.05) is 30.9 Å². The molecule has 2 aromatic rings. The number of nitriles is 1. The van der Waals surface area contributed by atoms with Gasteiger partial charge in [-0.15, -0.1) is 0 Å². The third-order valence-electron chi connectivity index (χ3n) is 7.90. The smallest absolute Gasteiger partial charge is 0.407 e. The van der Waals surface area contributed by atoms with Gasteiger partial charge in [0.1, 0.15) is 28.2 Å². The van der Waals surface area contributed by atoms with Gasteiger partial charge in [-0.25, -0.2) is 14.8 Å². The van der Waals surface area contributed by atoms with E-state index in [-0.39, 0.29) is 17.6 Å². The molecule has 4 bridgehead atoms. The molecule has 2 heterocycles. The SMILES string of the molecule is CC(C)(C)OC(=O)N[C@@H]1[C@@H]2CC3C[C@H]1C[C@@](CNc1nc(NCc4cccnc4Cl)ncc1C#N)(C3)C2. The summed E-state index contributed by atoms with van der Waals surface area (Å²) in [6, 6.07) is 6.09. The topological polar surface area (TPSA) is 125 Å². The van der Waals surface area contributed by atoms with Crippen LogP contribution in [0.3, 0.4) is 0 Å². The predicted molar refractivity (Wildman–Crippen MR) is 141 cm³/mol. The summed E-state index contributed by atoms with van der Waals surface area (Å²) in [4.78, 5) is 25.5. The summed E-state index contributed by atoms with van der Waals surface area (Å²) < 4.78 is 5.54. The van der Waals surface area contributed by atoms with Crippen molar-refractivity contribution in [3.63, 3.8) is 0 Å². The minimum Gasteiger partial charge on any atom is -0.444 e. The Morgan fingerprint density at radius 2 is 1.97 bits per heavy atom. The predicted octanol–water partition coefficient (Wildman–Crippen LogP) is 5.14. The summed E-state index contributed by atoms with van der Waals surface area (Å²) in [7, 11) is 0. The second kappa shape index (κ2) is 9.97. The first kappa shape index (κ1) is 25.5. The van der Waals surface area contributed by atoms with Crippen LogP contribution in [0.1, 0.15) is 64.0 Å². The van der Waals surface area contributed by atoms with Crippen LogP contribution in [0, 0.1) is 34.5 Å². The molecule has 196 valence electrons. The monoisotopic (exact) mass is 523 g/mol. The molecular formula is C27H34ClN7O2. The van der Waals surface area contributed by atoms with Crippen molar-refractivity contribution < 1.29 is 9.53 Å². The molecule has 4 aliphatic carbocycles. The standard InChI is InChI=1S/C27H34ClN7O2/c1-26(2,3)37-25(36)34-21-18-7-16-8-19(21)11-27(9-16,10-18)15-33-23-20(12-29)14-32-24(35-23)31-13-17-5-4-6-30-22(17)28/h4-6,14,16,18-19,21H,7-11,13,15H2,1-3H3,(H,34,36)(H2,31,32,33,35)/t16?,18-,19+,21-,27-. The molecule has 0 aliphatic heterocycles. The normalized spacial score (nSPS) is 27.9. The van der Waals surface area contributed by atoms with E-state index < -0.39 is 5.60 Å². The van der Waals surface area contributed by atoms with Gasteiger partial charge in [-0.1, -0.05) is 17.7 Å². The van der Waals surface area contributed by atoms with Crippen LogP contribution in [0.25, 0.3) is 0 Å². The summed E-state index contributed by atoms with van der Waals surface area (Å²) >= 11 is 6.16. The fourth-order valence-electron chi connectivity index (χ4n) is 6.77.